The third-order valence-electron chi connectivity index (χ3n) is 3.38. The molecule has 1 aliphatic rings. The summed E-state index contributed by atoms with van der Waals surface area (Å²) in [6, 6.07) is 0.598. The number of piperazine rings is 1. The number of nitrogens with zero attached hydrogens (tertiary/aromatic N) is 3. The van der Waals surface area contributed by atoms with E-state index in [1.54, 1.807) is 19.0 Å². The Balaban J connectivity index is 2.41. The molecule has 1 saturated heterocycles. The Labute approximate surface area is 105 Å². The number of nitrogens with two attached hydrogens (primary N) is 1. The molecule has 1 rings (SSSR count). The molecule has 0 bridgehead atoms. The van der Waals surface area contributed by atoms with Gasteiger partial charge in [-0.2, -0.15) is 0 Å². The summed E-state index contributed by atoms with van der Waals surface area (Å²) in [6.45, 7) is 6.43. The molecule has 0 aromatic carbocycles. The lowest BCUT2D eigenvalue weighted by Gasteiger charge is -2.39. The monoisotopic (exact) mass is 242 g/mol. The molecular weight excluding hydrogens is 216 g/mol. The van der Waals surface area contributed by atoms with Gasteiger partial charge >= 0.3 is 6.03 Å². The molecule has 17 heavy (non-hydrogen) atoms. The first kappa shape index (κ1) is 14.3. The Hall–Kier alpha value is -0.810. The van der Waals surface area contributed by atoms with Crippen LogP contribution < -0.4 is 5.73 Å². The smallest absolute Gasteiger partial charge is 0.319 e. The lowest BCUT2D eigenvalue weighted by molar-refractivity contribution is 0.0963. The molecule has 0 saturated carbocycles. The summed E-state index contributed by atoms with van der Waals surface area (Å²) in [5.74, 6) is 0. The first-order valence-electron chi connectivity index (χ1n) is 6.50. The largest absolute Gasteiger partial charge is 0.331 e. The highest BCUT2D eigenvalue weighted by Crippen LogP contribution is 2.11. The zero-order valence-corrected chi connectivity index (χ0v) is 11.4. The van der Waals surface area contributed by atoms with Gasteiger partial charge in [0.05, 0.1) is 0 Å². The molecule has 1 aliphatic heterocycles. The van der Waals surface area contributed by atoms with E-state index in [4.69, 9.17) is 5.73 Å². The predicted molar refractivity (Wildman–Crippen MR) is 70.0 cm³/mol. The highest BCUT2D eigenvalue weighted by molar-refractivity contribution is 5.73. The summed E-state index contributed by atoms with van der Waals surface area (Å²) >= 11 is 0. The number of hydrogen-bond donors (Lipinski definition) is 1. The molecule has 2 N–H and O–H groups in total. The fourth-order valence-corrected chi connectivity index (χ4v) is 2.34. The average Bonchev–Trinajstić information content (AvgIpc) is 2.35. The molecule has 1 heterocycles. The number of carbonyl (C=O) groups excluding carboxylic acids is 1. The van der Waals surface area contributed by atoms with Gasteiger partial charge in [0.25, 0.3) is 0 Å². The van der Waals surface area contributed by atoms with Crippen LogP contribution in [-0.4, -0.2) is 73.6 Å². The van der Waals surface area contributed by atoms with Crippen LogP contribution in [0.25, 0.3) is 0 Å². The standard InChI is InChI=1S/C12H26N4O/c1-4-5-11(10-13)15-6-8-16(9-7-15)12(17)14(2)3/h11H,4-10,13H2,1-3H3. The SMILES string of the molecule is CCCC(CN)N1CCN(C(=O)N(C)C)CC1. The van der Waals surface area contributed by atoms with Gasteiger partial charge in [-0.15, -0.1) is 0 Å². The summed E-state index contributed by atoms with van der Waals surface area (Å²) in [5.41, 5.74) is 5.80. The Kier molecular flexibility index (Phi) is 5.71. The normalized spacial score (nSPS) is 19.2. The summed E-state index contributed by atoms with van der Waals surface area (Å²) in [4.78, 5) is 17.8. The first-order chi connectivity index (χ1) is 8.10. The molecule has 1 unspecified atom stereocenters. The van der Waals surface area contributed by atoms with Crippen LogP contribution in [-0.2, 0) is 0 Å². The molecular formula is C12H26N4O. The van der Waals surface area contributed by atoms with E-state index in [1.807, 2.05) is 4.90 Å². The van der Waals surface area contributed by atoms with E-state index < -0.39 is 0 Å². The van der Waals surface area contributed by atoms with Crippen molar-refractivity contribution in [2.75, 3.05) is 46.8 Å². The molecule has 5 heteroatoms. The van der Waals surface area contributed by atoms with Gasteiger partial charge in [-0.3, -0.25) is 4.90 Å². The molecule has 0 aromatic rings. The van der Waals surface area contributed by atoms with Crippen LogP contribution in [0.1, 0.15) is 19.8 Å². The maximum absolute atomic E-state index is 11.8. The molecule has 0 spiro atoms. The van der Waals surface area contributed by atoms with Gasteiger partial charge in [-0.1, -0.05) is 13.3 Å². The van der Waals surface area contributed by atoms with Crippen molar-refractivity contribution < 1.29 is 4.79 Å². The molecule has 0 aromatic heterocycles. The van der Waals surface area contributed by atoms with E-state index in [-0.39, 0.29) is 6.03 Å². The van der Waals surface area contributed by atoms with E-state index in [9.17, 15) is 4.79 Å². The summed E-state index contributed by atoms with van der Waals surface area (Å²) in [5, 5.41) is 0. The van der Waals surface area contributed by atoms with Gasteiger partial charge in [0, 0.05) is 52.9 Å². The number of urea groups is 1. The van der Waals surface area contributed by atoms with Gasteiger partial charge in [-0.25, -0.2) is 4.79 Å². The van der Waals surface area contributed by atoms with Crippen molar-refractivity contribution in [2.45, 2.75) is 25.8 Å². The summed E-state index contributed by atoms with van der Waals surface area (Å²) in [6.07, 6.45) is 2.32. The quantitative estimate of drug-likeness (QED) is 0.777. The summed E-state index contributed by atoms with van der Waals surface area (Å²) < 4.78 is 0. The summed E-state index contributed by atoms with van der Waals surface area (Å²) in [7, 11) is 3.60. The minimum absolute atomic E-state index is 0.115. The third-order valence-corrected chi connectivity index (χ3v) is 3.38. The van der Waals surface area contributed by atoms with Gasteiger partial charge in [-0.05, 0) is 6.42 Å². The highest BCUT2D eigenvalue weighted by atomic mass is 16.2. The second-order valence-corrected chi connectivity index (χ2v) is 4.88. The molecule has 0 aliphatic carbocycles. The van der Waals surface area contributed by atoms with Crippen LogP contribution in [0.4, 0.5) is 4.79 Å². The fourth-order valence-electron chi connectivity index (χ4n) is 2.34. The number of rotatable bonds is 4. The molecule has 0 radical (unpaired) electrons. The predicted octanol–water partition coefficient (Wildman–Crippen LogP) is 0.413. The van der Waals surface area contributed by atoms with Crippen molar-refractivity contribution in [2.24, 2.45) is 5.73 Å². The van der Waals surface area contributed by atoms with E-state index in [0.29, 0.717) is 6.04 Å². The zero-order chi connectivity index (χ0) is 12.8. The third kappa shape index (κ3) is 3.85. The molecule has 100 valence electrons. The van der Waals surface area contributed by atoms with E-state index in [2.05, 4.69) is 11.8 Å². The molecule has 2 amide bonds. The van der Waals surface area contributed by atoms with Gasteiger partial charge < -0.3 is 15.5 Å². The van der Waals surface area contributed by atoms with Crippen molar-refractivity contribution >= 4 is 6.03 Å². The maximum Gasteiger partial charge on any atom is 0.319 e. The van der Waals surface area contributed by atoms with Gasteiger partial charge in [0.1, 0.15) is 0 Å². The van der Waals surface area contributed by atoms with E-state index in [1.165, 1.54) is 6.42 Å². The zero-order valence-electron chi connectivity index (χ0n) is 11.4. The molecule has 1 atom stereocenters. The van der Waals surface area contributed by atoms with Crippen molar-refractivity contribution in [3.8, 4) is 0 Å². The Morgan fingerprint density at radius 3 is 2.29 bits per heavy atom. The lowest BCUT2D eigenvalue weighted by Crippen LogP contribution is -2.55. The van der Waals surface area contributed by atoms with Crippen LogP contribution in [0, 0.1) is 0 Å². The minimum atomic E-state index is 0.115. The average molecular weight is 242 g/mol. The fraction of sp³-hybridized carbons (Fsp3) is 0.917. The number of hydrogen-bond acceptors (Lipinski definition) is 3. The maximum atomic E-state index is 11.8. The van der Waals surface area contributed by atoms with E-state index >= 15 is 0 Å². The van der Waals surface area contributed by atoms with E-state index in [0.717, 1.165) is 39.1 Å². The Morgan fingerprint density at radius 1 is 1.29 bits per heavy atom. The second kappa shape index (κ2) is 6.81. The number of amides is 2. The van der Waals surface area contributed by atoms with Crippen molar-refractivity contribution in [1.82, 2.24) is 14.7 Å². The number of carbonyl (C=O) groups is 1. The van der Waals surface area contributed by atoms with Gasteiger partial charge in [0.2, 0.25) is 0 Å². The Bertz CT molecular complexity index is 237. The molecule has 5 nitrogen and oxygen atoms in total. The van der Waals surface area contributed by atoms with Crippen molar-refractivity contribution in [3.05, 3.63) is 0 Å². The van der Waals surface area contributed by atoms with Crippen LogP contribution >= 0.6 is 0 Å². The van der Waals surface area contributed by atoms with Crippen LogP contribution in [0.3, 0.4) is 0 Å². The van der Waals surface area contributed by atoms with Crippen molar-refractivity contribution in [1.29, 1.82) is 0 Å². The second-order valence-electron chi connectivity index (χ2n) is 4.88. The lowest BCUT2D eigenvalue weighted by atomic mass is 10.1. The van der Waals surface area contributed by atoms with Gasteiger partial charge in [0.15, 0.2) is 0 Å². The van der Waals surface area contributed by atoms with Crippen LogP contribution in [0.2, 0.25) is 0 Å². The van der Waals surface area contributed by atoms with Crippen molar-refractivity contribution in [3.63, 3.8) is 0 Å². The minimum Gasteiger partial charge on any atom is -0.331 e. The highest BCUT2D eigenvalue weighted by Gasteiger charge is 2.25. The Morgan fingerprint density at radius 2 is 1.88 bits per heavy atom. The van der Waals surface area contributed by atoms with Crippen LogP contribution in [0.5, 0.6) is 0 Å². The van der Waals surface area contributed by atoms with Crippen LogP contribution in [0.15, 0.2) is 0 Å². The topological polar surface area (TPSA) is 52.8 Å². The molecule has 1 fully saturated rings. The first-order valence-corrected chi connectivity index (χ1v) is 6.50.